The van der Waals surface area contributed by atoms with Gasteiger partial charge < -0.3 is 14.7 Å². The van der Waals surface area contributed by atoms with Crippen molar-refractivity contribution < 1.29 is 14.6 Å². The Hall–Kier alpha value is -2.41. The molecule has 1 aliphatic heterocycles. The molecule has 0 unspecified atom stereocenters. The normalized spacial score (nSPS) is 18.0. The number of aromatic nitrogens is 3. The van der Waals surface area contributed by atoms with Crippen LogP contribution in [0.5, 0.6) is 5.88 Å². The molecule has 3 heterocycles. The maximum Gasteiger partial charge on any atom is 0.259 e. The summed E-state index contributed by atoms with van der Waals surface area (Å²) < 4.78 is 7.57. The maximum atomic E-state index is 13.1. The first-order valence-electron chi connectivity index (χ1n) is 9.43. The number of amides is 1. The van der Waals surface area contributed by atoms with Gasteiger partial charge in [0.2, 0.25) is 5.88 Å². The lowest BCUT2D eigenvalue weighted by molar-refractivity contribution is 0.0661. The van der Waals surface area contributed by atoms with Gasteiger partial charge in [-0.05, 0) is 52.7 Å². The van der Waals surface area contributed by atoms with E-state index in [0.717, 1.165) is 18.4 Å². The zero-order chi connectivity index (χ0) is 19.6. The quantitative estimate of drug-likeness (QED) is 0.873. The highest BCUT2D eigenvalue weighted by Crippen LogP contribution is 2.27. The standard InChI is InChI=1S/C20H28N4O3/c1-14(2)27-18-17(8-5-9-21-18)19(25)23-10-6-7-16(13-23)24-12-15(11-22-24)20(3,4)26/h5,8-9,11-12,14,16,26H,6-7,10,13H2,1-4H3/t16-/m1/s1. The molecule has 27 heavy (non-hydrogen) atoms. The minimum absolute atomic E-state index is 0.0510. The van der Waals surface area contributed by atoms with Crippen molar-refractivity contribution in [1.29, 1.82) is 0 Å². The third-order valence-electron chi connectivity index (χ3n) is 4.71. The SMILES string of the molecule is CC(C)Oc1ncccc1C(=O)N1CCC[C@@H](n2cc(C(C)(C)O)cn2)C1. The van der Waals surface area contributed by atoms with Gasteiger partial charge in [-0.25, -0.2) is 4.98 Å². The fourth-order valence-electron chi connectivity index (χ4n) is 3.25. The van der Waals surface area contributed by atoms with Crippen LogP contribution >= 0.6 is 0 Å². The average molecular weight is 372 g/mol. The first kappa shape index (κ1) is 19.4. The third kappa shape index (κ3) is 4.47. The predicted molar refractivity (Wildman–Crippen MR) is 102 cm³/mol. The number of carbonyl (C=O) groups is 1. The first-order valence-corrected chi connectivity index (χ1v) is 9.43. The molecule has 7 nitrogen and oxygen atoms in total. The van der Waals surface area contributed by atoms with Crippen molar-refractivity contribution in [3.05, 3.63) is 41.9 Å². The van der Waals surface area contributed by atoms with E-state index in [1.807, 2.05) is 29.6 Å². The molecule has 1 atom stereocenters. The number of hydrogen-bond acceptors (Lipinski definition) is 5. The number of pyridine rings is 1. The first-order chi connectivity index (χ1) is 12.8. The second-order valence-corrected chi connectivity index (χ2v) is 7.84. The molecule has 0 aliphatic carbocycles. The molecule has 1 N–H and O–H groups in total. The summed E-state index contributed by atoms with van der Waals surface area (Å²) in [5, 5.41) is 14.6. The Morgan fingerprint density at radius 1 is 1.41 bits per heavy atom. The lowest BCUT2D eigenvalue weighted by Crippen LogP contribution is -2.41. The van der Waals surface area contributed by atoms with E-state index >= 15 is 0 Å². The Balaban J connectivity index is 1.77. The predicted octanol–water partition coefficient (Wildman–Crippen LogP) is 2.77. The van der Waals surface area contributed by atoms with E-state index in [2.05, 4.69) is 10.1 Å². The molecule has 0 spiro atoms. The van der Waals surface area contributed by atoms with Crippen molar-refractivity contribution in [2.75, 3.05) is 13.1 Å². The fraction of sp³-hybridized carbons (Fsp3) is 0.550. The summed E-state index contributed by atoms with van der Waals surface area (Å²) >= 11 is 0. The molecular formula is C20H28N4O3. The van der Waals surface area contributed by atoms with Gasteiger partial charge in [0.15, 0.2) is 0 Å². The Morgan fingerprint density at radius 2 is 2.19 bits per heavy atom. The third-order valence-corrected chi connectivity index (χ3v) is 4.71. The second-order valence-electron chi connectivity index (χ2n) is 7.84. The van der Waals surface area contributed by atoms with Crippen LogP contribution < -0.4 is 4.74 Å². The molecule has 1 fully saturated rings. The number of aliphatic hydroxyl groups is 1. The summed E-state index contributed by atoms with van der Waals surface area (Å²) in [5.41, 5.74) is 0.330. The number of rotatable bonds is 5. The topological polar surface area (TPSA) is 80.5 Å². The summed E-state index contributed by atoms with van der Waals surface area (Å²) in [6.07, 6.45) is 6.99. The van der Waals surface area contributed by atoms with Crippen LogP contribution in [0.25, 0.3) is 0 Å². The zero-order valence-corrected chi connectivity index (χ0v) is 16.4. The number of likely N-dealkylation sites (tertiary alicyclic amines) is 1. The van der Waals surface area contributed by atoms with E-state index in [9.17, 15) is 9.90 Å². The van der Waals surface area contributed by atoms with Crippen LogP contribution in [-0.4, -0.2) is 49.9 Å². The molecular weight excluding hydrogens is 344 g/mol. The van der Waals surface area contributed by atoms with Crippen LogP contribution in [0.4, 0.5) is 0 Å². The molecule has 2 aromatic rings. The minimum Gasteiger partial charge on any atom is -0.474 e. The van der Waals surface area contributed by atoms with Crippen molar-refractivity contribution in [3.63, 3.8) is 0 Å². The van der Waals surface area contributed by atoms with Gasteiger partial charge in [0.25, 0.3) is 5.91 Å². The van der Waals surface area contributed by atoms with Gasteiger partial charge in [-0.2, -0.15) is 5.10 Å². The smallest absolute Gasteiger partial charge is 0.259 e. The number of nitrogens with zero attached hydrogens (tertiary/aromatic N) is 4. The molecule has 1 amide bonds. The lowest BCUT2D eigenvalue weighted by atomic mass is 10.0. The Bertz CT molecular complexity index is 795. The van der Waals surface area contributed by atoms with Crippen LogP contribution in [0, 0.1) is 0 Å². The summed E-state index contributed by atoms with van der Waals surface area (Å²) in [6.45, 7) is 8.58. The minimum atomic E-state index is -0.929. The van der Waals surface area contributed by atoms with Crippen LogP contribution in [0.15, 0.2) is 30.7 Å². The summed E-state index contributed by atoms with van der Waals surface area (Å²) in [4.78, 5) is 19.1. The monoisotopic (exact) mass is 372 g/mol. The molecule has 1 aliphatic rings. The van der Waals surface area contributed by atoms with Gasteiger partial charge in [-0.3, -0.25) is 9.48 Å². The fourth-order valence-corrected chi connectivity index (χ4v) is 3.25. The number of ether oxygens (including phenoxy) is 1. The van der Waals surface area contributed by atoms with E-state index in [1.54, 1.807) is 38.4 Å². The largest absolute Gasteiger partial charge is 0.474 e. The maximum absolute atomic E-state index is 13.1. The number of piperidine rings is 1. The molecule has 0 aromatic carbocycles. The van der Waals surface area contributed by atoms with E-state index in [4.69, 9.17) is 4.74 Å². The highest BCUT2D eigenvalue weighted by Gasteiger charge is 2.29. The Kier molecular flexibility index (Phi) is 5.51. The summed E-state index contributed by atoms with van der Waals surface area (Å²) in [7, 11) is 0. The number of carbonyl (C=O) groups excluding carboxylic acids is 1. The van der Waals surface area contributed by atoms with Gasteiger partial charge in [0.1, 0.15) is 5.56 Å². The second kappa shape index (κ2) is 7.68. The molecule has 2 aromatic heterocycles. The number of hydrogen-bond donors (Lipinski definition) is 1. The Labute approximate surface area is 160 Å². The summed E-state index contributed by atoms with van der Waals surface area (Å²) in [5.74, 6) is 0.307. The summed E-state index contributed by atoms with van der Waals surface area (Å²) in [6, 6.07) is 3.60. The highest BCUT2D eigenvalue weighted by molar-refractivity contribution is 5.96. The van der Waals surface area contributed by atoms with Gasteiger partial charge in [0.05, 0.1) is 23.9 Å². The average Bonchev–Trinajstić information content (AvgIpc) is 3.12. The molecule has 1 saturated heterocycles. The van der Waals surface area contributed by atoms with E-state index in [1.165, 1.54) is 0 Å². The van der Waals surface area contributed by atoms with Crippen LogP contribution in [0.3, 0.4) is 0 Å². The van der Waals surface area contributed by atoms with Crippen LogP contribution in [0.1, 0.15) is 62.5 Å². The zero-order valence-electron chi connectivity index (χ0n) is 16.4. The highest BCUT2D eigenvalue weighted by atomic mass is 16.5. The molecule has 0 bridgehead atoms. The van der Waals surface area contributed by atoms with E-state index < -0.39 is 5.60 Å². The molecule has 0 radical (unpaired) electrons. The molecule has 7 heteroatoms. The van der Waals surface area contributed by atoms with E-state index in [0.29, 0.717) is 24.5 Å². The van der Waals surface area contributed by atoms with Crippen molar-refractivity contribution >= 4 is 5.91 Å². The van der Waals surface area contributed by atoms with Gasteiger partial charge in [-0.15, -0.1) is 0 Å². The molecule has 146 valence electrons. The van der Waals surface area contributed by atoms with Crippen molar-refractivity contribution in [3.8, 4) is 5.88 Å². The molecule has 0 saturated carbocycles. The van der Waals surface area contributed by atoms with Crippen LogP contribution in [0.2, 0.25) is 0 Å². The van der Waals surface area contributed by atoms with Crippen LogP contribution in [-0.2, 0) is 5.60 Å². The van der Waals surface area contributed by atoms with Crippen molar-refractivity contribution in [2.24, 2.45) is 0 Å². The lowest BCUT2D eigenvalue weighted by Gasteiger charge is -2.33. The van der Waals surface area contributed by atoms with E-state index in [-0.39, 0.29) is 18.1 Å². The van der Waals surface area contributed by atoms with Crippen molar-refractivity contribution in [2.45, 2.75) is 58.3 Å². The van der Waals surface area contributed by atoms with Crippen molar-refractivity contribution in [1.82, 2.24) is 19.7 Å². The van der Waals surface area contributed by atoms with Gasteiger partial charge >= 0.3 is 0 Å². The Morgan fingerprint density at radius 3 is 2.85 bits per heavy atom. The molecule has 3 rings (SSSR count). The van der Waals surface area contributed by atoms with Gasteiger partial charge in [-0.1, -0.05) is 0 Å². The van der Waals surface area contributed by atoms with Gasteiger partial charge in [0, 0.05) is 31.0 Å².